The minimum atomic E-state index is -0.286. The van der Waals surface area contributed by atoms with Crippen LogP contribution >= 0.6 is 0 Å². The molecule has 0 spiro atoms. The van der Waals surface area contributed by atoms with Crippen LogP contribution in [0.25, 0.3) is 16.7 Å². The highest BCUT2D eigenvalue weighted by molar-refractivity contribution is 5.79. The van der Waals surface area contributed by atoms with E-state index in [1.165, 1.54) is 7.11 Å². The van der Waals surface area contributed by atoms with Gasteiger partial charge in [-0.1, -0.05) is 31.6 Å². The van der Waals surface area contributed by atoms with Crippen LogP contribution in [0.15, 0.2) is 35.6 Å². The molecule has 0 aliphatic carbocycles. The SMILES string of the molecule is C=C(C)n1c(=O)n(CCCCCCN(C(=O)OC)C(C)(C)C)c2ccccc21. The van der Waals surface area contributed by atoms with Crippen LogP contribution in [0.4, 0.5) is 4.79 Å². The fourth-order valence-corrected chi connectivity index (χ4v) is 3.50. The lowest BCUT2D eigenvalue weighted by Crippen LogP contribution is -2.46. The highest BCUT2D eigenvalue weighted by Crippen LogP contribution is 2.18. The number of imidazole rings is 1. The number of carbonyl (C=O) groups excluding carboxylic acids is 1. The van der Waals surface area contributed by atoms with Crippen LogP contribution in [0.2, 0.25) is 0 Å². The number of benzene rings is 1. The second-order valence-electron chi connectivity index (χ2n) is 8.20. The third-order valence-corrected chi connectivity index (χ3v) is 4.94. The number of fused-ring (bicyclic) bond motifs is 1. The van der Waals surface area contributed by atoms with Crippen LogP contribution in [0.3, 0.4) is 0 Å². The summed E-state index contributed by atoms with van der Waals surface area (Å²) in [5.41, 5.74) is 2.28. The molecule has 0 fully saturated rings. The fourth-order valence-electron chi connectivity index (χ4n) is 3.50. The van der Waals surface area contributed by atoms with Crippen molar-refractivity contribution in [2.45, 2.75) is 65.5 Å². The van der Waals surface area contributed by atoms with Crippen molar-refractivity contribution in [3.05, 3.63) is 41.3 Å². The topological polar surface area (TPSA) is 56.5 Å². The highest BCUT2D eigenvalue weighted by Gasteiger charge is 2.26. The molecule has 6 heteroatoms. The van der Waals surface area contributed by atoms with Gasteiger partial charge in [-0.3, -0.25) is 9.13 Å². The molecule has 1 heterocycles. The number of allylic oxidation sites excluding steroid dienone is 1. The number of methoxy groups -OCH3 is 1. The van der Waals surface area contributed by atoms with Gasteiger partial charge in [-0.15, -0.1) is 0 Å². The lowest BCUT2D eigenvalue weighted by atomic mass is 10.1. The zero-order valence-electron chi connectivity index (χ0n) is 17.8. The zero-order valence-corrected chi connectivity index (χ0v) is 17.8. The standard InChI is InChI=1S/C22H33N3O3/c1-17(2)25-19-14-10-9-13-18(19)23(20(25)26)15-11-7-8-12-16-24(21(27)28-6)22(3,4)5/h9-10,13-14H,1,7-8,11-12,15-16H2,2-6H3. The third kappa shape index (κ3) is 4.86. The Morgan fingerprint density at radius 1 is 1.11 bits per heavy atom. The van der Waals surface area contributed by atoms with Gasteiger partial charge in [-0.2, -0.15) is 0 Å². The van der Waals surface area contributed by atoms with E-state index in [-0.39, 0.29) is 17.3 Å². The predicted molar refractivity (Wildman–Crippen MR) is 115 cm³/mol. The van der Waals surface area contributed by atoms with Crippen LogP contribution < -0.4 is 5.69 Å². The van der Waals surface area contributed by atoms with Crippen LogP contribution in [0.5, 0.6) is 0 Å². The van der Waals surface area contributed by atoms with E-state index in [2.05, 4.69) is 6.58 Å². The summed E-state index contributed by atoms with van der Waals surface area (Å²) in [6.07, 6.45) is 3.54. The number of rotatable bonds is 8. The smallest absolute Gasteiger partial charge is 0.409 e. The van der Waals surface area contributed by atoms with Gasteiger partial charge >= 0.3 is 11.8 Å². The molecule has 0 aliphatic heterocycles. The molecule has 2 aromatic rings. The Balaban J connectivity index is 1.93. The van der Waals surface area contributed by atoms with Crippen molar-refractivity contribution < 1.29 is 9.53 Å². The molecule has 0 radical (unpaired) electrons. The van der Waals surface area contributed by atoms with E-state index in [0.717, 1.165) is 42.4 Å². The number of aryl methyl sites for hydroxylation is 1. The van der Waals surface area contributed by atoms with Gasteiger partial charge in [0.15, 0.2) is 0 Å². The molecule has 28 heavy (non-hydrogen) atoms. The average molecular weight is 388 g/mol. The van der Waals surface area contributed by atoms with Gasteiger partial charge in [-0.25, -0.2) is 9.59 Å². The molecular formula is C22H33N3O3. The van der Waals surface area contributed by atoms with E-state index in [1.54, 1.807) is 9.47 Å². The first-order valence-corrected chi connectivity index (χ1v) is 9.90. The van der Waals surface area contributed by atoms with Crippen molar-refractivity contribution in [1.29, 1.82) is 0 Å². The Kier molecular flexibility index (Phi) is 7.11. The van der Waals surface area contributed by atoms with E-state index in [9.17, 15) is 9.59 Å². The number of hydrogen-bond acceptors (Lipinski definition) is 3. The van der Waals surface area contributed by atoms with Gasteiger partial charge in [0.1, 0.15) is 0 Å². The van der Waals surface area contributed by atoms with Crippen LogP contribution in [-0.4, -0.2) is 39.3 Å². The quantitative estimate of drug-likeness (QED) is 0.616. The molecule has 0 saturated heterocycles. The molecule has 0 N–H and O–H groups in total. The van der Waals surface area contributed by atoms with E-state index in [0.29, 0.717) is 13.1 Å². The Hall–Kier alpha value is -2.50. The van der Waals surface area contributed by atoms with Gasteiger partial charge in [-0.05, 0) is 52.7 Å². The largest absolute Gasteiger partial charge is 0.453 e. The van der Waals surface area contributed by atoms with Crippen molar-refractivity contribution in [2.75, 3.05) is 13.7 Å². The van der Waals surface area contributed by atoms with Crippen molar-refractivity contribution in [3.63, 3.8) is 0 Å². The predicted octanol–water partition coefficient (Wildman–Crippen LogP) is 4.72. The maximum atomic E-state index is 12.8. The molecule has 1 aromatic carbocycles. The lowest BCUT2D eigenvalue weighted by molar-refractivity contribution is 0.0825. The highest BCUT2D eigenvalue weighted by atomic mass is 16.5. The molecule has 1 aromatic heterocycles. The molecule has 0 bridgehead atoms. The van der Waals surface area contributed by atoms with Gasteiger partial charge in [0, 0.05) is 24.3 Å². The monoisotopic (exact) mass is 387 g/mol. The molecule has 0 aliphatic rings. The summed E-state index contributed by atoms with van der Waals surface area (Å²) in [6, 6.07) is 7.83. The second-order valence-corrected chi connectivity index (χ2v) is 8.20. The van der Waals surface area contributed by atoms with Crippen LogP contribution in [0.1, 0.15) is 53.4 Å². The van der Waals surface area contributed by atoms with Crippen LogP contribution in [-0.2, 0) is 11.3 Å². The van der Waals surface area contributed by atoms with E-state index in [4.69, 9.17) is 4.74 Å². The summed E-state index contributed by atoms with van der Waals surface area (Å²) < 4.78 is 8.40. The molecule has 2 rings (SSSR count). The molecule has 6 nitrogen and oxygen atoms in total. The van der Waals surface area contributed by atoms with E-state index >= 15 is 0 Å². The Morgan fingerprint density at radius 2 is 1.71 bits per heavy atom. The summed E-state index contributed by atoms with van der Waals surface area (Å²) >= 11 is 0. The summed E-state index contributed by atoms with van der Waals surface area (Å²) in [5.74, 6) is 0. The zero-order chi connectivity index (χ0) is 20.9. The number of hydrogen-bond donors (Lipinski definition) is 0. The minimum absolute atomic E-state index is 0.0294. The van der Waals surface area contributed by atoms with Gasteiger partial charge in [0.2, 0.25) is 0 Å². The lowest BCUT2D eigenvalue weighted by Gasteiger charge is -2.34. The maximum absolute atomic E-state index is 12.8. The Morgan fingerprint density at radius 3 is 2.29 bits per heavy atom. The summed E-state index contributed by atoms with van der Waals surface area (Å²) in [4.78, 5) is 26.5. The second kappa shape index (κ2) is 9.13. The first-order valence-electron chi connectivity index (χ1n) is 9.90. The first kappa shape index (κ1) is 21.8. The Bertz CT molecular complexity index is 887. The molecular weight excluding hydrogens is 354 g/mol. The number of nitrogens with zero attached hydrogens (tertiary/aromatic N) is 3. The van der Waals surface area contributed by atoms with Crippen LogP contribution in [0, 0.1) is 0 Å². The molecule has 154 valence electrons. The molecule has 1 amide bonds. The van der Waals surface area contributed by atoms with Gasteiger partial charge < -0.3 is 9.64 Å². The fraction of sp³-hybridized carbons (Fsp3) is 0.545. The summed E-state index contributed by atoms with van der Waals surface area (Å²) in [7, 11) is 1.42. The van der Waals surface area contributed by atoms with Gasteiger partial charge in [0.25, 0.3) is 0 Å². The van der Waals surface area contributed by atoms with Crippen molar-refractivity contribution in [3.8, 4) is 0 Å². The minimum Gasteiger partial charge on any atom is -0.453 e. The normalized spacial score (nSPS) is 11.6. The Labute approximate surface area is 167 Å². The molecule has 0 saturated carbocycles. The van der Waals surface area contributed by atoms with E-state index in [1.807, 2.05) is 56.5 Å². The average Bonchev–Trinajstić information content (AvgIpc) is 2.91. The number of carbonyl (C=O) groups is 1. The van der Waals surface area contributed by atoms with Crippen molar-refractivity contribution in [1.82, 2.24) is 14.0 Å². The number of aromatic nitrogens is 2. The molecule has 0 unspecified atom stereocenters. The summed E-state index contributed by atoms with van der Waals surface area (Å²) in [6.45, 7) is 13.2. The number of ether oxygens (including phenoxy) is 1. The number of para-hydroxylation sites is 2. The van der Waals surface area contributed by atoms with Crippen molar-refractivity contribution >= 4 is 22.8 Å². The molecule has 0 atom stereocenters. The van der Waals surface area contributed by atoms with Crippen molar-refractivity contribution in [2.24, 2.45) is 0 Å². The number of unbranched alkanes of at least 4 members (excludes halogenated alkanes) is 3. The third-order valence-electron chi connectivity index (χ3n) is 4.94. The van der Waals surface area contributed by atoms with Gasteiger partial charge in [0.05, 0.1) is 18.1 Å². The maximum Gasteiger partial charge on any atom is 0.409 e. The summed E-state index contributed by atoms with van der Waals surface area (Å²) in [5, 5.41) is 0. The number of amides is 1. The first-order chi connectivity index (χ1) is 13.2. The van der Waals surface area contributed by atoms with E-state index < -0.39 is 0 Å².